The SMILES string of the molecule is Cc1cc2c(cc1-c1nn(C)c(N)c1C)N(C)C(=O)CO2. The van der Waals surface area contributed by atoms with Gasteiger partial charge < -0.3 is 15.4 Å². The van der Waals surface area contributed by atoms with Crippen LogP contribution in [0, 0.1) is 13.8 Å². The summed E-state index contributed by atoms with van der Waals surface area (Å²) in [5.41, 5.74) is 10.5. The van der Waals surface area contributed by atoms with Gasteiger partial charge in [-0.25, -0.2) is 0 Å². The number of nitrogens with two attached hydrogens (primary N) is 1. The topological polar surface area (TPSA) is 73.4 Å². The summed E-state index contributed by atoms with van der Waals surface area (Å²) in [6, 6.07) is 3.88. The quantitative estimate of drug-likeness (QED) is 0.865. The van der Waals surface area contributed by atoms with Crippen molar-refractivity contribution in [1.29, 1.82) is 0 Å². The second-order valence-corrected chi connectivity index (χ2v) is 5.36. The smallest absolute Gasteiger partial charge is 0.264 e. The highest BCUT2D eigenvalue weighted by Crippen LogP contribution is 2.38. The Kier molecular flexibility index (Phi) is 2.90. The van der Waals surface area contributed by atoms with E-state index in [4.69, 9.17) is 10.5 Å². The Balaban J connectivity index is 2.20. The van der Waals surface area contributed by atoms with Crippen LogP contribution in [-0.4, -0.2) is 29.3 Å². The fraction of sp³-hybridized carbons (Fsp3) is 0.333. The van der Waals surface area contributed by atoms with Gasteiger partial charge in [-0.15, -0.1) is 0 Å². The number of carbonyl (C=O) groups excluding carboxylic acids is 1. The van der Waals surface area contributed by atoms with Gasteiger partial charge in [0.05, 0.1) is 11.4 Å². The molecule has 0 unspecified atom stereocenters. The maximum absolute atomic E-state index is 11.8. The number of benzene rings is 1. The van der Waals surface area contributed by atoms with Gasteiger partial charge >= 0.3 is 0 Å². The van der Waals surface area contributed by atoms with Crippen molar-refractivity contribution in [3.05, 3.63) is 23.3 Å². The van der Waals surface area contributed by atoms with Crippen LogP contribution in [0.4, 0.5) is 11.5 Å². The summed E-state index contributed by atoms with van der Waals surface area (Å²) >= 11 is 0. The first kappa shape index (κ1) is 13.5. The molecule has 2 aromatic rings. The third-order valence-corrected chi connectivity index (χ3v) is 3.99. The van der Waals surface area contributed by atoms with E-state index in [2.05, 4.69) is 5.10 Å². The molecule has 1 aromatic carbocycles. The number of aryl methyl sites for hydroxylation is 2. The zero-order chi connectivity index (χ0) is 15.3. The number of carbonyl (C=O) groups is 1. The van der Waals surface area contributed by atoms with Gasteiger partial charge in [-0.1, -0.05) is 0 Å². The molecule has 6 nitrogen and oxygen atoms in total. The Labute approximate surface area is 123 Å². The standard InChI is InChI=1S/C15H18N4O2/c1-8-5-12-11(18(3)13(20)7-21-12)6-10(8)14-9(2)15(16)19(4)17-14/h5-6H,7,16H2,1-4H3. The van der Waals surface area contributed by atoms with E-state index in [-0.39, 0.29) is 12.5 Å². The average molecular weight is 286 g/mol. The Morgan fingerprint density at radius 3 is 2.62 bits per heavy atom. The highest BCUT2D eigenvalue weighted by atomic mass is 16.5. The molecule has 2 heterocycles. The fourth-order valence-electron chi connectivity index (χ4n) is 2.57. The zero-order valence-corrected chi connectivity index (χ0v) is 12.6. The Bertz CT molecular complexity index is 749. The molecule has 1 aromatic heterocycles. The maximum Gasteiger partial charge on any atom is 0.264 e. The van der Waals surface area contributed by atoms with Gasteiger partial charge in [0.25, 0.3) is 5.91 Å². The first-order chi connectivity index (χ1) is 9.90. The van der Waals surface area contributed by atoms with E-state index in [1.54, 1.807) is 16.6 Å². The summed E-state index contributed by atoms with van der Waals surface area (Å²) in [4.78, 5) is 13.4. The zero-order valence-electron chi connectivity index (χ0n) is 12.6. The third kappa shape index (κ3) is 1.94. The van der Waals surface area contributed by atoms with Gasteiger partial charge in [-0.3, -0.25) is 9.48 Å². The Hall–Kier alpha value is -2.50. The average Bonchev–Trinajstić information content (AvgIpc) is 2.70. The van der Waals surface area contributed by atoms with E-state index in [0.717, 1.165) is 33.8 Å². The lowest BCUT2D eigenvalue weighted by atomic mass is 10.0. The lowest BCUT2D eigenvalue weighted by molar-refractivity contribution is -0.120. The van der Waals surface area contributed by atoms with Crippen LogP contribution < -0.4 is 15.4 Å². The minimum atomic E-state index is -0.0606. The van der Waals surface area contributed by atoms with Crippen LogP contribution in [0.15, 0.2) is 12.1 Å². The molecule has 3 rings (SSSR count). The van der Waals surface area contributed by atoms with Crippen LogP contribution in [0.1, 0.15) is 11.1 Å². The largest absolute Gasteiger partial charge is 0.482 e. The highest BCUT2D eigenvalue weighted by molar-refractivity contribution is 5.98. The lowest BCUT2D eigenvalue weighted by Gasteiger charge is -2.27. The highest BCUT2D eigenvalue weighted by Gasteiger charge is 2.25. The van der Waals surface area contributed by atoms with Gasteiger partial charge in [0.2, 0.25) is 0 Å². The molecule has 0 atom stereocenters. The van der Waals surface area contributed by atoms with E-state index in [1.165, 1.54) is 0 Å². The van der Waals surface area contributed by atoms with E-state index < -0.39 is 0 Å². The first-order valence-electron chi connectivity index (χ1n) is 6.73. The summed E-state index contributed by atoms with van der Waals surface area (Å²) in [7, 11) is 3.57. The summed E-state index contributed by atoms with van der Waals surface area (Å²) in [5.74, 6) is 1.30. The Morgan fingerprint density at radius 2 is 2.00 bits per heavy atom. The molecule has 110 valence electrons. The molecule has 1 amide bonds. The predicted molar refractivity (Wildman–Crippen MR) is 81.4 cm³/mol. The summed E-state index contributed by atoms with van der Waals surface area (Å²) in [6.45, 7) is 4.03. The number of fused-ring (bicyclic) bond motifs is 1. The molecule has 0 radical (unpaired) electrons. The number of nitrogens with zero attached hydrogens (tertiary/aromatic N) is 3. The molecule has 1 aliphatic rings. The van der Waals surface area contributed by atoms with E-state index in [0.29, 0.717) is 5.82 Å². The van der Waals surface area contributed by atoms with Crippen LogP contribution >= 0.6 is 0 Å². The molecule has 0 saturated heterocycles. The van der Waals surface area contributed by atoms with Gasteiger partial charge in [0.1, 0.15) is 11.6 Å². The summed E-state index contributed by atoms with van der Waals surface area (Å²) in [6.07, 6.45) is 0. The van der Waals surface area contributed by atoms with Crippen LogP contribution in [-0.2, 0) is 11.8 Å². The lowest BCUT2D eigenvalue weighted by Crippen LogP contribution is -2.35. The molecule has 1 aliphatic heterocycles. The van der Waals surface area contributed by atoms with Gasteiger partial charge in [0.15, 0.2) is 6.61 Å². The number of amides is 1. The van der Waals surface area contributed by atoms with Crippen molar-refractivity contribution in [1.82, 2.24) is 9.78 Å². The molecular weight excluding hydrogens is 268 g/mol. The number of rotatable bonds is 1. The van der Waals surface area contributed by atoms with Crippen molar-refractivity contribution in [3.8, 4) is 17.0 Å². The van der Waals surface area contributed by atoms with Crippen molar-refractivity contribution in [2.75, 3.05) is 24.3 Å². The molecule has 0 bridgehead atoms. The van der Waals surface area contributed by atoms with Crippen LogP contribution in [0.3, 0.4) is 0 Å². The van der Waals surface area contributed by atoms with Gasteiger partial charge in [-0.05, 0) is 31.5 Å². The van der Waals surface area contributed by atoms with E-state index in [1.807, 2.05) is 33.0 Å². The molecular formula is C15H18N4O2. The Morgan fingerprint density at radius 1 is 1.29 bits per heavy atom. The first-order valence-corrected chi connectivity index (χ1v) is 6.73. The number of hydrogen-bond donors (Lipinski definition) is 1. The van der Waals surface area contributed by atoms with E-state index in [9.17, 15) is 4.79 Å². The van der Waals surface area contributed by atoms with Gasteiger partial charge in [-0.2, -0.15) is 5.10 Å². The summed E-state index contributed by atoms with van der Waals surface area (Å²) < 4.78 is 7.16. The molecule has 6 heteroatoms. The molecule has 21 heavy (non-hydrogen) atoms. The molecule has 2 N–H and O–H groups in total. The van der Waals surface area contributed by atoms with Crippen LogP contribution in [0.2, 0.25) is 0 Å². The third-order valence-electron chi connectivity index (χ3n) is 3.99. The predicted octanol–water partition coefficient (Wildman–Crippen LogP) is 1.64. The normalized spacial score (nSPS) is 14.1. The molecule has 0 aliphatic carbocycles. The number of hydrogen-bond acceptors (Lipinski definition) is 4. The van der Waals surface area contributed by atoms with Crippen molar-refractivity contribution in [3.63, 3.8) is 0 Å². The minimum absolute atomic E-state index is 0.0606. The van der Waals surface area contributed by atoms with Crippen molar-refractivity contribution >= 4 is 17.4 Å². The van der Waals surface area contributed by atoms with Crippen molar-refractivity contribution in [2.45, 2.75) is 13.8 Å². The number of anilines is 2. The van der Waals surface area contributed by atoms with E-state index >= 15 is 0 Å². The molecule has 0 saturated carbocycles. The van der Waals surface area contributed by atoms with Crippen LogP contribution in [0.25, 0.3) is 11.3 Å². The second kappa shape index (κ2) is 4.51. The second-order valence-electron chi connectivity index (χ2n) is 5.36. The summed E-state index contributed by atoms with van der Waals surface area (Å²) in [5, 5.41) is 4.48. The molecule has 0 spiro atoms. The maximum atomic E-state index is 11.8. The van der Waals surface area contributed by atoms with Crippen molar-refractivity contribution < 1.29 is 9.53 Å². The molecule has 0 fully saturated rings. The van der Waals surface area contributed by atoms with Crippen molar-refractivity contribution in [2.24, 2.45) is 7.05 Å². The monoisotopic (exact) mass is 286 g/mol. The fourth-order valence-corrected chi connectivity index (χ4v) is 2.57. The number of nitrogen functional groups attached to an aromatic ring is 1. The number of likely N-dealkylation sites (N-methyl/N-ethyl adjacent to an activating group) is 1. The minimum Gasteiger partial charge on any atom is -0.482 e. The van der Waals surface area contributed by atoms with Crippen LogP contribution in [0.5, 0.6) is 5.75 Å². The number of ether oxygens (including phenoxy) is 1. The van der Waals surface area contributed by atoms with Gasteiger partial charge in [0, 0.05) is 25.2 Å². The number of aromatic nitrogens is 2.